The maximum atomic E-state index is 13.8. The fourth-order valence-corrected chi connectivity index (χ4v) is 5.49. The topological polar surface area (TPSA) is 120 Å². The number of ether oxygens (including phenoxy) is 1. The molecule has 2 fully saturated rings. The van der Waals surface area contributed by atoms with Crippen LogP contribution in [0.3, 0.4) is 0 Å². The summed E-state index contributed by atoms with van der Waals surface area (Å²) in [5, 5.41) is 6.87. The number of imidazole rings is 1. The van der Waals surface area contributed by atoms with Crippen molar-refractivity contribution in [3.63, 3.8) is 0 Å². The Morgan fingerprint density at radius 1 is 1.17 bits per heavy atom. The summed E-state index contributed by atoms with van der Waals surface area (Å²) >= 11 is 12.6. The van der Waals surface area contributed by atoms with Crippen LogP contribution in [0.25, 0.3) is 11.2 Å². The van der Waals surface area contributed by atoms with Gasteiger partial charge in [0.15, 0.2) is 5.65 Å². The lowest BCUT2D eigenvalue weighted by Gasteiger charge is -2.35. The van der Waals surface area contributed by atoms with Crippen LogP contribution in [0, 0.1) is 11.2 Å². The van der Waals surface area contributed by atoms with Gasteiger partial charge in [-0.2, -0.15) is 4.98 Å². The van der Waals surface area contributed by atoms with E-state index < -0.39 is 11.2 Å². The van der Waals surface area contributed by atoms with Crippen molar-refractivity contribution in [2.24, 2.45) is 11.1 Å². The standard InChI is InChI=1S/C24H28Cl2FN7O2/c1-24(21(28)35)6-2-15(3-7-24)34-20-18(12-29-22(33-20)30-14-4-8-36-9-5-14)31-23(34)32-19-16(25)10-13(27)11-17(19)26/h10-12,14-15H,2-9H2,1H3,(H2,28,35)(H,31,32)(H,29,30,33). The molecule has 0 atom stereocenters. The van der Waals surface area contributed by atoms with E-state index in [0.29, 0.717) is 67.6 Å². The molecule has 2 aromatic heterocycles. The second-order valence-electron chi connectivity index (χ2n) is 9.76. The molecule has 0 radical (unpaired) electrons. The fourth-order valence-electron chi connectivity index (χ4n) is 4.94. The fraction of sp³-hybridized carbons (Fsp3) is 0.500. The van der Waals surface area contributed by atoms with Crippen LogP contribution in [0.4, 0.5) is 22.0 Å². The average Bonchev–Trinajstić information content (AvgIpc) is 3.20. The summed E-state index contributed by atoms with van der Waals surface area (Å²) in [4.78, 5) is 26.0. The van der Waals surface area contributed by atoms with E-state index in [2.05, 4.69) is 15.6 Å². The van der Waals surface area contributed by atoms with E-state index in [-0.39, 0.29) is 28.0 Å². The highest BCUT2D eigenvalue weighted by atomic mass is 35.5. The molecule has 1 amide bonds. The summed E-state index contributed by atoms with van der Waals surface area (Å²) in [6.07, 6.45) is 6.13. The summed E-state index contributed by atoms with van der Waals surface area (Å²) in [5.41, 5.74) is 6.71. The van der Waals surface area contributed by atoms with E-state index >= 15 is 0 Å². The number of carbonyl (C=O) groups is 1. The van der Waals surface area contributed by atoms with Gasteiger partial charge in [-0.25, -0.2) is 14.4 Å². The molecule has 3 heterocycles. The van der Waals surface area contributed by atoms with Gasteiger partial charge < -0.3 is 21.1 Å². The maximum absolute atomic E-state index is 13.8. The molecule has 2 aliphatic rings. The van der Waals surface area contributed by atoms with E-state index in [1.807, 2.05) is 11.5 Å². The van der Waals surface area contributed by atoms with Gasteiger partial charge in [-0.1, -0.05) is 30.1 Å². The van der Waals surface area contributed by atoms with Crippen molar-refractivity contribution < 1.29 is 13.9 Å². The summed E-state index contributed by atoms with van der Waals surface area (Å²) in [6.45, 7) is 3.31. The second-order valence-corrected chi connectivity index (χ2v) is 10.6. The van der Waals surface area contributed by atoms with E-state index in [1.165, 1.54) is 12.1 Å². The first-order valence-corrected chi connectivity index (χ1v) is 12.8. The third kappa shape index (κ3) is 4.94. The summed E-state index contributed by atoms with van der Waals surface area (Å²) < 4.78 is 21.2. The number of nitrogens with two attached hydrogens (primary N) is 1. The Morgan fingerprint density at radius 2 is 1.83 bits per heavy atom. The number of nitrogens with one attached hydrogen (secondary N) is 2. The minimum absolute atomic E-state index is 0.00578. The molecule has 0 bridgehead atoms. The number of rotatable bonds is 6. The van der Waals surface area contributed by atoms with Crippen molar-refractivity contribution in [3.05, 3.63) is 34.2 Å². The zero-order valence-electron chi connectivity index (χ0n) is 19.9. The number of aromatic nitrogens is 4. The quantitative estimate of drug-likeness (QED) is 0.396. The molecule has 1 aliphatic carbocycles. The number of carbonyl (C=O) groups excluding carboxylic acids is 1. The molecule has 36 heavy (non-hydrogen) atoms. The summed E-state index contributed by atoms with van der Waals surface area (Å²) in [5.74, 6) is 0.157. The molecule has 9 nitrogen and oxygen atoms in total. The normalized spacial score (nSPS) is 23.1. The minimum Gasteiger partial charge on any atom is -0.381 e. The number of amides is 1. The average molecular weight is 536 g/mol. The summed E-state index contributed by atoms with van der Waals surface area (Å²) in [7, 11) is 0. The lowest BCUT2D eigenvalue weighted by Crippen LogP contribution is -2.38. The number of anilines is 3. The van der Waals surface area contributed by atoms with Crippen LogP contribution in [-0.4, -0.2) is 44.7 Å². The molecule has 4 N–H and O–H groups in total. The molecule has 1 saturated heterocycles. The number of hydrogen-bond acceptors (Lipinski definition) is 7. The SMILES string of the molecule is CC1(C(N)=O)CCC(n2c(Nc3c(Cl)cc(F)cc3Cl)nc3cnc(NC4CCOCC4)nc32)CC1. The molecule has 5 rings (SSSR count). The molecule has 3 aromatic rings. The highest BCUT2D eigenvalue weighted by Gasteiger charge is 2.37. The lowest BCUT2D eigenvalue weighted by atomic mass is 9.73. The molecular weight excluding hydrogens is 508 g/mol. The molecule has 1 aliphatic heterocycles. The third-order valence-corrected chi connectivity index (χ3v) is 7.85. The largest absolute Gasteiger partial charge is 0.381 e. The first-order valence-electron chi connectivity index (χ1n) is 12.0. The molecule has 0 unspecified atom stereocenters. The Morgan fingerprint density at radius 3 is 2.47 bits per heavy atom. The summed E-state index contributed by atoms with van der Waals surface area (Å²) in [6, 6.07) is 2.61. The Kier molecular flexibility index (Phi) is 6.93. The van der Waals surface area contributed by atoms with E-state index in [1.54, 1.807) is 6.20 Å². The van der Waals surface area contributed by atoms with Gasteiger partial charge in [-0.05, 0) is 50.7 Å². The number of halogens is 3. The number of nitrogens with zero attached hydrogens (tertiary/aromatic N) is 4. The van der Waals surface area contributed by atoms with Crippen LogP contribution < -0.4 is 16.4 Å². The maximum Gasteiger partial charge on any atom is 0.224 e. The zero-order chi connectivity index (χ0) is 25.4. The number of benzene rings is 1. The predicted octanol–water partition coefficient (Wildman–Crippen LogP) is 5.21. The predicted molar refractivity (Wildman–Crippen MR) is 137 cm³/mol. The van der Waals surface area contributed by atoms with Crippen LogP contribution in [-0.2, 0) is 9.53 Å². The Balaban J connectivity index is 1.53. The van der Waals surface area contributed by atoms with Crippen molar-refractivity contribution in [1.29, 1.82) is 0 Å². The minimum atomic E-state index is -0.547. The first kappa shape index (κ1) is 25.0. The molecule has 0 spiro atoms. The van der Waals surface area contributed by atoms with Gasteiger partial charge in [-0.3, -0.25) is 9.36 Å². The van der Waals surface area contributed by atoms with Gasteiger partial charge in [0, 0.05) is 30.7 Å². The molecule has 1 saturated carbocycles. The smallest absolute Gasteiger partial charge is 0.224 e. The van der Waals surface area contributed by atoms with E-state index in [4.69, 9.17) is 43.6 Å². The Labute approximate surface area is 217 Å². The highest BCUT2D eigenvalue weighted by molar-refractivity contribution is 6.39. The van der Waals surface area contributed by atoms with Gasteiger partial charge in [0.1, 0.15) is 11.3 Å². The van der Waals surface area contributed by atoms with Crippen molar-refractivity contribution in [3.8, 4) is 0 Å². The Hall–Kier alpha value is -2.69. The monoisotopic (exact) mass is 535 g/mol. The molecule has 12 heteroatoms. The van der Waals surface area contributed by atoms with Crippen molar-refractivity contribution in [2.45, 2.75) is 57.5 Å². The van der Waals surface area contributed by atoms with E-state index in [0.717, 1.165) is 12.8 Å². The van der Waals surface area contributed by atoms with E-state index in [9.17, 15) is 9.18 Å². The van der Waals surface area contributed by atoms with Gasteiger partial charge in [0.2, 0.25) is 17.8 Å². The van der Waals surface area contributed by atoms with Gasteiger partial charge in [0.25, 0.3) is 0 Å². The Bertz CT molecular complexity index is 1260. The van der Waals surface area contributed by atoms with Crippen molar-refractivity contribution in [2.75, 3.05) is 23.8 Å². The van der Waals surface area contributed by atoms with Crippen LogP contribution in [0.2, 0.25) is 10.0 Å². The van der Waals surface area contributed by atoms with Crippen LogP contribution in [0.5, 0.6) is 0 Å². The van der Waals surface area contributed by atoms with Crippen LogP contribution in [0.1, 0.15) is 51.5 Å². The number of fused-ring (bicyclic) bond motifs is 1. The molecule has 1 aromatic carbocycles. The molecule has 192 valence electrons. The first-order chi connectivity index (χ1) is 17.2. The van der Waals surface area contributed by atoms with Crippen molar-refractivity contribution >= 4 is 57.9 Å². The van der Waals surface area contributed by atoms with Gasteiger partial charge in [0.05, 0.1) is 21.9 Å². The molecular formula is C24H28Cl2FN7O2. The number of hydrogen-bond donors (Lipinski definition) is 3. The van der Waals surface area contributed by atoms with Crippen LogP contribution >= 0.6 is 23.2 Å². The van der Waals surface area contributed by atoms with Gasteiger partial charge in [-0.15, -0.1) is 0 Å². The third-order valence-electron chi connectivity index (χ3n) is 7.25. The number of primary amides is 1. The highest BCUT2D eigenvalue weighted by Crippen LogP contribution is 2.43. The lowest BCUT2D eigenvalue weighted by molar-refractivity contribution is -0.128. The zero-order valence-corrected chi connectivity index (χ0v) is 21.4. The second kappa shape index (κ2) is 9.99. The van der Waals surface area contributed by atoms with Gasteiger partial charge >= 0.3 is 0 Å². The van der Waals surface area contributed by atoms with Crippen LogP contribution in [0.15, 0.2) is 18.3 Å². The van der Waals surface area contributed by atoms with Crippen molar-refractivity contribution in [1.82, 2.24) is 19.5 Å².